The SMILES string of the molecule is CCNC(=NCc1coc(-c2ccc(C)cc2)n1)NC(C)CCS(C)(=O)=O.I. The predicted octanol–water partition coefficient (Wildman–Crippen LogP) is 3.15. The lowest BCUT2D eigenvalue weighted by Crippen LogP contribution is -2.42. The normalized spacial score (nSPS) is 12.9. The first-order valence-electron chi connectivity index (χ1n) is 9.01. The molecule has 156 valence electrons. The molecule has 0 fully saturated rings. The summed E-state index contributed by atoms with van der Waals surface area (Å²) < 4.78 is 28.2. The quantitative estimate of drug-likeness (QED) is 0.316. The molecule has 0 aliphatic heterocycles. The second kappa shape index (κ2) is 11.4. The smallest absolute Gasteiger partial charge is 0.226 e. The van der Waals surface area contributed by atoms with Crippen LogP contribution in [0.4, 0.5) is 0 Å². The summed E-state index contributed by atoms with van der Waals surface area (Å²) in [5.74, 6) is 1.34. The Bertz CT molecular complexity index is 864. The van der Waals surface area contributed by atoms with Crippen LogP contribution in [0.15, 0.2) is 39.9 Å². The molecule has 0 bridgehead atoms. The predicted molar refractivity (Wildman–Crippen MR) is 124 cm³/mol. The Kier molecular flexibility index (Phi) is 9.94. The largest absolute Gasteiger partial charge is 0.444 e. The van der Waals surface area contributed by atoms with E-state index in [1.165, 1.54) is 11.8 Å². The third-order valence-electron chi connectivity index (χ3n) is 3.90. The topological polar surface area (TPSA) is 96.6 Å². The fourth-order valence-electron chi connectivity index (χ4n) is 2.38. The van der Waals surface area contributed by atoms with Gasteiger partial charge in [-0.25, -0.2) is 18.4 Å². The summed E-state index contributed by atoms with van der Waals surface area (Å²) in [6.45, 7) is 7.01. The molecule has 9 heteroatoms. The number of nitrogens with one attached hydrogen (secondary N) is 2. The molecule has 1 atom stereocenters. The molecular weight excluding hydrogens is 491 g/mol. The number of nitrogens with zero attached hydrogens (tertiary/aromatic N) is 2. The summed E-state index contributed by atoms with van der Waals surface area (Å²) in [4.78, 5) is 8.99. The number of benzene rings is 1. The van der Waals surface area contributed by atoms with Crippen LogP contribution in [0.25, 0.3) is 11.5 Å². The van der Waals surface area contributed by atoms with E-state index >= 15 is 0 Å². The zero-order chi connectivity index (χ0) is 19.9. The maximum absolute atomic E-state index is 11.3. The molecule has 1 aromatic carbocycles. The zero-order valence-corrected chi connectivity index (χ0v) is 19.9. The van der Waals surface area contributed by atoms with Gasteiger partial charge in [0.2, 0.25) is 5.89 Å². The summed E-state index contributed by atoms with van der Waals surface area (Å²) in [6.07, 6.45) is 3.37. The molecule has 0 amide bonds. The van der Waals surface area contributed by atoms with Crippen LogP contribution in [0.2, 0.25) is 0 Å². The monoisotopic (exact) mass is 520 g/mol. The van der Waals surface area contributed by atoms with Crippen LogP contribution >= 0.6 is 24.0 Å². The minimum absolute atomic E-state index is 0. The Hall–Kier alpha value is -1.62. The van der Waals surface area contributed by atoms with Crippen LogP contribution < -0.4 is 10.6 Å². The number of aryl methyl sites for hydroxylation is 1. The number of halogens is 1. The number of sulfone groups is 1. The van der Waals surface area contributed by atoms with Crippen molar-refractivity contribution >= 4 is 39.8 Å². The van der Waals surface area contributed by atoms with Crippen LogP contribution in [0, 0.1) is 6.92 Å². The minimum Gasteiger partial charge on any atom is -0.444 e. The van der Waals surface area contributed by atoms with Crippen molar-refractivity contribution in [3.63, 3.8) is 0 Å². The van der Waals surface area contributed by atoms with E-state index < -0.39 is 9.84 Å². The van der Waals surface area contributed by atoms with E-state index in [-0.39, 0.29) is 35.8 Å². The summed E-state index contributed by atoms with van der Waals surface area (Å²) in [6, 6.07) is 7.97. The van der Waals surface area contributed by atoms with Gasteiger partial charge in [0, 0.05) is 24.4 Å². The van der Waals surface area contributed by atoms with Crippen molar-refractivity contribution in [3.8, 4) is 11.5 Å². The molecule has 2 aromatic rings. The Labute approximate surface area is 184 Å². The van der Waals surface area contributed by atoms with Crippen LogP contribution in [-0.2, 0) is 16.4 Å². The third-order valence-corrected chi connectivity index (χ3v) is 4.88. The average Bonchev–Trinajstić information content (AvgIpc) is 3.07. The molecule has 0 aliphatic rings. The van der Waals surface area contributed by atoms with E-state index in [0.29, 0.717) is 31.4 Å². The molecule has 1 unspecified atom stereocenters. The van der Waals surface area contributed by atoms with E-state index in [0.717, 1.165) is 11.3 Å². The highest BCUT2D eigenvalue weighted by Gasteiger charge is 2.10. The third kappa shape index (κ3) is 8.59. The van der Waals surface area contributed by atoms with Crippen LogP contribution in [0.1, 0.15) is 31.5 Å². The van der Waals surface area contributed by atoms with E-state index in [1.54, 1.807) is 6.26 Å². The first-order valence-corrected chi connectivity index (χ1v) is 11.1. The molecule has 0 aliphatic carbocycles. The van der Waals surface area contributed by atoms with E-state index in [4.69, 9.17) is 4.42 Å². The molecule has 1 aromatic heterocycles. The Morgan fingerprint density at radius 1 is 1.29 bits per heavy atom. The Balaban J connectivity index is 0.00000392. The minimum atomic E-state index is -2.97. The highest BCUT2D eigenvalue weighted by Crippen LogP contribution is 2.19. The summed E-state index contributed by atoms with van der Waals surface area (Å²) in [7, 11) is -2.97. The molecule has 2 N–H and O–H groups in total. The van der Waals surface area contributed by atoms with Crippen LogP contribution in [0.3, 0.4) is 0 Å². The van der Waals surface area contributed by atoms with Crippen LogP contribution in [0.5, 0.6) is 0 Å². The van der Waals surface area contributed by atoms with Crippen molar-refractivity contribution in [2.75, 3.05) is 18.6 Å². The lowest BCUT2D eigenvalue weighted by atomic mass is 10.1. The van der Waals surface area contributed by atoms with Crippen molar-refractivity contribution in [1.29, 1.82) is 0 Å². The lowest BCUT2D eigenvalue weighted by Gasteiger charge is -2.17. The molecule has 2 rings (SSSR count). The molecule has 0 radical (unpaired) electrons. The van der Waals surface area contributed by atoms with Crippen LogP contribution in [-0.4, -0.2) is 44.0 Å². The van der Waals surface area contributed by atoms with Gasteiger partial charge in [0.15, 0.2) is 5.96 Å². The maximum atomic E-state index is 11.3. The fraction of sp³-hybridized carbons (Fsp3) is 0.474. The number of hydrogen-bond donors (Lipinski definition) is 2. The first-order chi connectivity index (χ1) is 12.8. The zero-order valence-electron chi connectivity index (χ0n) is 16.7. The van der Waals surface area contributed by atoms with Gasteiger partial charge in [0.1, 0.15) is 21.8 Å². The molecule has 7 nitrogen and oxygen atoms in total. The van der Waals surface area contributed by atoms with E-state index in [1.807, 2.05) is 45.0 Å². The number of aliphatic imine (C=N–C) groups is 1. The van der Waals surface area contributed by atoms with E-state index in [2.05, 4.69) is 20.6 Å². The highest BCUT2D eigenvalue weighted by molar-refractivity contribution is 14.0. The second-order valence-electron chi connectivity index (χ2n) is 6.67. The first kappa shape index (κ1) is 24.4. The number of rotatable bonds is 8. The standard InChI is InChI=1S/C19H28N4O3S.HI/c1-5-20-19(22-15(3)10-11-27(4,24)25)21-12-17-13-26-18(23-17)16-8-6-14(2)7-9-16;/h6-9,13,15H,5,10-12H2,1-4H3,(H2,20,21,22);1H. The highest BCUT2D eigenvalue weighted by atomic mass is 127. The van der Waals surface area contributed by atoms with Gasteiger partial charge in [-0.15, -0.1) is 24.0 Å². The number of aromatic nitrogens is 1. The molecular formula is C19H29IN4O3S. The lowest BCUT2D eigenvalue weighted by molar-refractivity contribution is 0.572. The molecule has 28 heavy (non-hydrogen) atoms. The van der Waals surface area contributed by atoms with Gasteiger partial charge in [-0.3, -0.25) is 0 Å². The van der Waals surface area contributed by atoms with Crippen molar-refractivity contribution in [2.45, 2.75) is 39.8 Å². The van der Waals surface area contributed by atoms with Gasteiger partial charge in [0.25, 0.3) is 0 Å². The fourth-order valence-corrected chi connectivity index (χ4v) is 3.17. The molecule has 1 heterocycles. The number of guanidine groups is 1. The molecule has 0 saturated heterocycles. The van der Waals surface area contributed by atoms with Gasteiger partial charge in [-0.2, -0.15) is 0 Å². The second-order valence-corrected chi connectivity index (χ2v) is 8.93. The Morgan fingerprint density at radius 3 is 2.57 bits per heavy atom. The van der Waals surface area contributed by atoms with Gasteiger partial charge < -0.3 is 15.1 Å². The maximum Gasteiger partial charge on any atom is 0.226 e. The summed E-state index contributed by atoms with van der Waals surface area (Å²) in [5.41, 5.74) is 2.84. The Morgan fingerprint density at radius 2 is 1.96 bits per heavy atom. The van der Waals surface area contributed by atoms with Crippen molar-refractivity contribution in [1.82, 2.24) is 15.6 Å². The van der Waals surface area contributed by atoms with E-state index in [9.17, 15) is 8.42 Å². The van der Waals surface area contributed by atoms with Crippen molar-refractivity contribution in [3.05, 3.63) is 41.8 Å². The van der Waals surface area contributed by atoms with Gasteiger partial charge in [-0.1, -0.05) is 17.7 Å². The average molecular weight is 520 g/mol. The summed E-state index contributed by atoms with van der Waals surface area (Å²) in [5, 5.41) is 6.38. The molecule has 0 saturated carbocycles. The van der Waals surface area contributed by atoms with Gasteiger partial charge in [0.05, 0.1) is 12.3 Å². The van der Waals surface area contributed by atoms with Gasteiger partial charge in [-0.05, 0) is 39.3 Å². The number of oxazole rings is 1. The van der Waals surface area contributed by atoms with Crippen molar-refractivity contribution in [2.24, 2.45) is 4.99 Å². The number of hydrogen-bond acceptors (Lipinski definition) is 5. The van der Waals surface area contributed by atoms with Crippen molar-refractivity contribution < 1.29 is 12.8 Å². The van der Waals surface area contributed by atoms with Gasteiger partial charge >= 0.3 is 0 Å². The summed E-state index contributed by atoms with van der Waals surface area (Å²) >= 11 is 0. The molecule has 0 spiro atoms.